The number of likely N-dealkylation sites (tertiary alicyclic amines) is 1. The molecule has 3 unspecified atom stereocenters. The van der Waals surface area contributed by atoms with Gasteiger partial charge in [0.25, 0.3) is 5.91 Å². The lowest BCUT2D eigenvalue weighted by Gasteiger charge is -2.37. The number of ether oxygens (including phenoxy) is 1. The zero-order valence-electron chi connectivity index (χ0n) is 15.4. The van der Waals surface area contributed by atoms with Crippen LogP contribution < -0.4 is 5.32 Å². The molecule has 2 amide bonds. The lowest BCUT2D eigenvalue weighted by Crippen LogP contribution is -2.58. The predicted octanol–water partition coefficient (Wildman–Crippen LogP) is 1.58. The number of amides is 2. The molecule has 7 nitrogen and oxygen atoms in total. The smallest absolute Gasteiger partial charge is 0.287 e. The molecule has 0 spiro atoms. The van der Waals surface area contributed by atoms with Crippen molar-refractivity contribution in [2.45, 2.75) is 37.5 Å². The molecule has 146 valence electrons. The zero-order chi connectivity index (χ0) is 19.5. The fourth-order valence-corrected chi connectivity index (χ4v) is 3.93. The molecule has 2 saturated heterocycles. The van der Waals surface area contributed by atoms with E-state index >= 15 is 0 Å². The number of fused-ring (bicyclic) bond motifs is 1. The van der Waals surface area contributed by atoms with Crippen LogP contribution in [0.25, 0.3) is 0 Å². The Kier molecular flexibility index (Phi) is 5.25. The third-order valence-electron chi connectivity index (χ3n) is 5.26. The Morgan fingerprint density at radius 1 is 1.18 bits per heavy atom. The molecule has 3 atom stereocenters. The van der Waals surface area contributed by atoms with Gasteiger partial charge in [-0.1, -0.05) is 30.3 Å². The number of carbonyl (C=O) groups is 3. The Morgan fingerprint density at radius 2 is 2.00 bits per heavy atom. The normalized spacial score (nSPS) is 22.6. The number of furan rings is 1. The molecule has 0 aliphatic carbocycles. The summed E-state index contributed by atoms with van der Waals surface area (Å²) in [6.45, 7) is 0.526. The predicted molar refractivity (Wildman–Crippen MR) is 99.6 cm³/mol. The van der Waals surface area contributed by atoms with Crippen LogP contribution in [0.1, 0.15) is 29.0 Å². The Balaban J connectivity index is 1.57. The minimum Gasteiger partial charge on any atom is -0.459 e. The summed E-state index contributed by atoms with van der Waals surface area (Å²) in [5, 5.41) is 2.78. The van der Waals surface area contributed by atoms with Crippen molar-refractivity contribution in [1.29, 1.82) is 0 Å². The average Bonchev–Trinajstić information content (AvgIpc) is 3.38. The molecular weight excluding hydrogens is 360 g/mol. The molecule has 3 heterocycles. The summed E-state index contributed by atoms with van der Waals surface area (Å²) in [5.74, 6) is -0.657. The number of Topliss-reactive ketones (excluding diaryl/α,β-unsaturated/α-hetero) is 1. The molecule has 28 heavy (non-hydrogen) atoms. The van der Waals surface area contributed by atoms with Gasteiger partial charge in [-0.2, -0.15) is 0 Å². The number of nitrogens with one attached hydrogen (secondary N) is 1. The molecule has 0 bridgehead atoms. The van der Waals surface area contributed by atoms with Gasteiger partial charge in [0, 0.05) is 13.0 Å². The Labute approximate surface area is 162 Å². The zero-order valence-corrected chi connectivity index (χ0v) is 15.4. The summed E-state index contributed by atoms with van der Waals surface area (Å²) >= 11 is 0. The van der Waals surface area contributed by atoms with E-state index in [1.807, 2.05) is 30.3 Å². The van der Waals surface area contributed by atoms with Gasteiger partial charge < -0.3 is 19.4 Å². The summed E-state index contributed by atoms with van der Waals surface area (Å²) in [4.78, 5) is 39.8. The highest BCUT2D eigenvalue weighted by Gasteiger charge is 2.45. The molecule has 0 saturated carbocycles. The van der Waals surface area contributed by atoms with E-state index in [0.29, 0.717) is 13.0 Å². The van der Waals surface area contributed by atoms with Gasteiger partial charge in [-0.25, -0.2) is 0 Å². The van der Waals surface area contributed by atoms with Crippen molar-refractivity contribution in [2.24, 2.45) is 0 Å². The number of ketones is 1. The van der Waals surface area contributed by atoms with Crippen molar-refractivity contribution in [2.75, 3.05) is 13.2 Å². The van der Waals surface area contributed by atoms with E-state index < -0.39 is 18.0 Å². The highest BCUT2D eigenvalue weighted by Crippen LogP contribution is 2.27. The van der Waals surface area contributed by atoms with Gasteiger partial charge in [-0.05, 0) is 30.5 Å². The third-order valence-corrected chi connectivity index (χ3v) is 5.26. The van der Waals surface area contributed by atoms with E-state index in [1.165, 1.54) is 6.26 Å². The van der Waals surface area contributed by atoms with Crippen molar-refractivity contribution in [3.8, 4) is 0 Å². The first-order valence-corrected chi connectivity index (χ1v) is 9.46. The van der Waals surface area contributed by atoms with Gasteiger partial charge >= 0.3 is 0 Å². The van der Waals surface area contributed by atoms with Crippen molar-refractivity contribution < 1.29 is 23.5 Å². The second kappa shape index (κ2) is 7.98. The number of hydrogen-bond donors (Lipinski definition) is 1. The van der Waals surface area contributed by atoms with Gasteiger partial charge in [0.15, 0.2) is 11.5 Å². The number of piperidine rings is 1. The minimum atomic E-state index is -0.799. The van der Waals surface area contributed by atoms with Gasteiger partial charge in [0.2, 0.25) is 5.91 Å². The lowest BCUT2D eigenvalue weighted by atomic mass is 9.95. The number of hydrogen-bond acceptors (Lipinski definition) is 5. The van der Waals surface area contributed by atoms with E-state index in [0.717, 1.165) is 18.4 Å². The quantitative estimate of drug-likeness (QED) is 0.848. The molecule has 1 aromatic heterocycles. The van der Waals surface area contributed by atoms with Crippen LogP contribution in [0.2, 0.25) is 0 Å². The summed E-state index contributed by atoms with van der Waals surface area (Å²) in [7, 11) is 0. The van der Waals surface area contributed by atoms with Gasteiger partial charge in [0.05, 0.1) is 12.4 Å². The molecule has 0 radical (unpaired) electrons. The topological polar surface area (TPSA) is 88.9 Å². The molecule has 7 heteroatoms. The van der Waals surface area contributed by atoms with E-state index in [1.54, 1.807) is 17.0 Å². The number of nitrogens with zero attached hydrogens (tertiary/aromatic N) is 1. The van der Waals surface area contributed by atoms with Crippen LogP contribution in [-0.2, 0) is 20.7 Å². The number of rotatable bonds is 5. The molecule has 1 N–H and O–H groups in total. The highest BCUT2D eigenvalue weighted by molar-refractivity contribution is 5.97. The van der Waals surface area contributed by atoms with Crippen molar-refractivity contribution in [3.63, 3.8) is 0 Å². The van der Waals surface area contributed by atoms with Crippen LogP contribution in [0.4, 0.5) is 0 Å². The minimum absolute atomic E-state index is 0.0429. The first kappa shape index (κ1) is 18.4. The van der Waals surface area contributed by atoms with Crippen molar-refractivity contribution in [1.82, 2.24) is 10.2 Å². The molecule has 2 aliphatic heterocycles. The molecular formula is C21H22N2O5. The Hall–Kier alpha value is -2.93. The van der Waals surface area contributed by atoms with Crippen molar-refractivity contribution in [3.05, 3.63) is 60.1 Å². The van der Waals surface area contributed by atoms with Crippen LogP contribution in [0.15, 0.2) is 53.1 Å². The van der Waals surface area contributed by atoms with E-state index in [4.69, 9.17) is 9.15 Å². The summed E-state index contributed by atoms with van der Waals surface area (Å²) < 4.78 is 10.7. The molecule has 2 aliphatic rings. The molecule has 2 aromatic rings. The van der Waals surface area contributed by atoms with E-state index in [-0.39, 0.29) is 30.2 Å². The van der Waals surface area contributed by atoms with Gasteiger partial charge in [-0.3, -0.25) is 14.4 Å². The average molecular weight is 382 g/mol. The van der Waals surface area contributed by atoms with Crippen LogP contribution in [0, 0.1) is 0 Å². The standard InChI is InChI=1S/C21H22N2O5/c24-16-13-28-17-8-4-10-23(19(16)17)21(26)15(12-14-6-2-1-3-7-14)22-20(25)18-9-5-11-27-18/h1-3,5-7,9,11,15,17,19H,4,8,10,12-13H2,(H,22,25). The Morgan fingerprint density at radius 3 is 2.75 bits per heavy atom. The van der Waals surface area contributed by atoms with Crippen LogP contribution in [0.3, 0.4) is 0 Å². The summed E-state index contributed by atoms with van der Waals surface area (Å²) in [5.41, 5.74) is 0.920. The third kappa shape index (κ3) is 3.71. The Bertz CT molecular complexity index is 849. The second-order valence-electron chi connectivity index (χ2n) is 7.13. The van der Waals surface area contributed by atoms with Crippen LogP contribution in [-0.4, -0.2) is 53.8 Å². The van der Waals surface area contributed by atoms with E-state index in [2.05, 4.69) is 5.32 Å². The van der Waals surface area contributed by atoms with E-state index in [9.17, 15) is 14.4 Å². The first-order chi connectivity index (χ1) is 13.6. The highest BCUT2D eigenvalue weighted by atomic mass is 16.5. The summed E-state index contributed by atoms with van der Waals surface area (Å²) in [6, 6.07) is 11.3. The monoisotopic (exact) mass is 382 g/mol. The van der Waals surface area contributed by atoms with Gasteiger partial charge in [0.1, 0.15) is 18.7 Å². The molecule has 2 fully saturated rings. The van der Waals surface area contributed by atoms with Gasteiger partial charge in [-0.15, -0.1) is 0 Å². The fourth-order valence-electron chi connectivity index (χ4n) is 3.93. The number of benzene rings is 1. The SMILES string of the molecule is O=C(NC(Cc1ccccc1)C(=O)N1CCCC2OCC(=O)C21)c1ccco1. The maximum absolute atomic E-state index is 13.4. The lowest BCUT2D eigenvalue weighted by molar-refractivity contribution is -0.142. The van der Waals surface area contributed by atoms with Crippen LogP contribution >= 0.6 is 0 Å². The molecule has 4 rings (SSSR count). The summed E-state index contributed by atoms with van der Waals surface area (Å²) in [6.07, 6.45) is 3.03. The maximum atomic E-state index is 13.4. The molecule has 1 aromatic carbocycles. The number of carbonyl (C=O) groups excluding carboxylic acids is 3. The van der Waals surface area contributed by atoms with Crippen LogP contribution in [0.5, 0.6) is 0 Å². The fraction of sp³-hybridized carbons (Fsp3) is 0.381. The first-order valence-electron chi connectivity index (χ1n) is 9.46. The maximum Gasteiger partial charge on any atom is 0.287 e. The largest absolute Gasteiger partial charge is 0.459 e. The second-order valence-corrected chi connectivity index (χ2v) is 7.13. The van der Waals surface area contributed by atoms with Crippen molar-refractivity contribution >= 4 is 17.6 Å².